The largest absolute Gasteiger partial charge is 0.497 e. The van der Waals surface area contributed by atoms with Crippen LogP contribution in [-0.2, 0) is 0 Å². The molecule has 0 radical (unpaired) electrons. The van der Waals surface area contributed by atoms with Crippen LogP contribution in [0.2, 0.25) is 0 Å². The second kappa shape index (κ2) is 8.57. The number of rotatable bonds is 6. The molecule has 27 heavy (non-hydrogen) atoms. The Morgan fingerprint density at radius 1 is 1.04 bits per heavy atom. The van der Waals surface area contributed by atoms with Gasteiger partial charge >= 0.3 is 0 Å². The van der Waals surface area contributed by atoms with Gasteiger partial charge in [0, 0.05) is 5.56 Å². The first-order valence-electron chi connectivity index (χ1n) is 8.13. The molecule has 1 amide bonds. The van der Waals surface area contributed by atoms with Crippen LogP contribution in [0.3, 0.4) is 0 Å². The van der Waals surface area contributed by atoms with Gasteiger partial charge in [0.15, 0.2) is 0 Å². The van der Waals surface area contributed by atoms with Gasteiger partial charge in [-0.2, -0.15) is 5.10 Å². The third kappa shape index (κ3) is 4.66. The van der Waals surface area contributed by atoms with Crippen molar-refractivity contribution >= 4 is 12.1 Å². The molecule has 7 nitrogen and oxygen atoms in total. The van der Waals surface area contributed by atoms with Crippen LogP contribution >= 0.6 is 0 Å². The summed E-state index contributed by atoms with van der Waals surface area (Å²) in [5.74, 6) is 1.01. The van der Waals surface area contributed by atoms with Gasteiger partial charge in [-0.15, -0.1) is 0 Å². The fourth-order valence-electron chi connectivity index (χ4n) is 2.32. The Balaban J connectivity index is 1.70. The number of hydrogen-bond acceptors (Lipinski definition) is 6. The zero-order valence-electron chi connectivity index (χ0n) is 14.9. The van der Waals surface area contributed by atoms with Crippen molar-refractivity contribution in [2.75, 3.05) is 14.2 Å². The molecule has 1 heterocycles. The van der Waals surface area contributed by atoms with E-state index in [1.165, 1.54) is 12.4 Å². The number of carbonyl (C=O) groups is 1. The molecule has 0 spiro atoms. The van der Waals surface area contributed by atoms with Crippen LogP contribution in [0.25, 0.3) is 11.3 Å². The molecular weight excluding hydrogens is 344 g/mol. The number of methoxy groups -OCH3 is 2. The summed E-state index contributed by atoms with van der Waals surface area (Å²) < 4.78 is 10.3. The molecule has 2 aromatic carbocycles. The molecule has 3 aromatic rings. The van der Waals surface area contributed by atoms with Crippen molar-refractivity contribution < 1.29 is 14.3 Å². The van der Waals surface area contributed by atoms with Crippen LogP contribution in [0, 0.1) is 0 Å². The normalized spacial score (nSPS) is 10.6. The van der Waals surface area contributed by atoms with Crippen molar-refractivity contribution in [3.05, 3.63) is 72.2 Å². The summed E-state index contributed by atoms with van der Waals surface area (Å²) in [7, 11) is 3.19. The molecule has 1 N–H and O–H groups in total. The van der Waals surface area contributed by atoms with Gasteiger partial charge in [0.1, 0.15) is 17.2 Å². The lowest BCUT2D eigenvalue weighted by molar-refractivity contribution is 0.0950. The van der Waals surface area contributed by atoms with Crippen molar-refractivity contribution in [3.8, 4) is 22.8 Å². The van der Waals surface area contributed by atoms with E-state index < -0.39 is 5.91 Å². The topological polar surface area (TPSA) is 85.7 Å². The Bertz CT molecular complexity index is 955. The van der Waals surface area contributed by atoms with Gasteiger partial charge in [0.2, 0.25) is 0 Å². The maximum atomic E-state index is 12.3. The number of amides is 1. The predicted molar refractivity (Wildman–Crippen MR) is 102 cm³/mol. The van der Waals surface area contributed by atoms with Gasteiger partial charge in [-0.3, -0.25) is 9.78 Å². The van der Waals surface area contributed by atoms with Crippen LogP contribution in [0.5, 0.6) is 11.5 Å². The zero-order valence-corrected chi connectivity index (χ0v) is 14.9. The zero-order chi connectivity index (χ0) is 19.1. The minimum Gasteiger partial charge on any atom is -0.497 e. The number of nitrogens with one attached hydrogen (secondary N) is 1. The first-order chi connectivity index (χ1) is 13.2. The van der Waals surface area contributed by atoms with E-state index in [0.29, 0.717) is 11.4 Å². The average molecular weight is 362 g/mol. The van der Waals surface area contributed by atoms with Crippen LogP contribution in [-0.4, -0.2) is 36.3 Å². The maximum absolute atomic E-state index is 12.3. The summed E-state index contributed by atoms with van der Waals surface area (Å²) >= 11 is 0. The quantitative estimate of drug-likeness (QED) is 0.538. The second-order valence-electron chi connectivity index (χ2n) is 5.49. The fraction of sp³-hybridized carbons (Fsp3) is 0.100. The molecule has 0 aliphatic carbocycles. The van der Waals surface area contributed by atoms with E-state index in [-0.39, 0.29) is 5.69 Å². The standard InChI is InChI=1S/C20H18N4O3/c1-26-16-8-6-15(7-9-16)18-12-21-13-19(23-18)20(25)24-22-11-14-4-3-5-17(10-14)27-2/h3-13H,1-2H3,(H,24,25). The van der Waals surface area contributed by atoms with Crippen molar-refractivity contribution in [1.29, 1.82) is 0 Å². The molecular formula is C20H18N4O3. The molecule has 0 bridgehead atoms. The predicted octanol–water partition coefficient (Wildman–Crippen LogP) is 2.92. The molecule has 1 aromatic heterocycles. The highest BCUT2D eigenvalue weighted by atomic mass is 16.5. The number of aromatic nitrogens is 2. The van der Waals surface area contributed by atoms with E-state index in [4.69, 9.17) is 9.47 Å². The summed E-state index contributed by atoms with van der Waals surface area (Å²) in [5, 5.41) is 3.95. The van der Waals surface area contributed by atoms with Gasteiger partial charge in [0.25, 0.3) is 5.91 Å². The highest BCUT2D eigenvalue weighted by Crippen LogP contribution is 2.20. The minimum atomic E-state index is -0.447. The van der Waals surface area contributed by atoms with Crippen LogP contribution in [0.15, 0.2) is 66.0 Å². The van der Waals surface area contributed by atoms with Crippen molar-refractivity contribution in [2.45, 2.75) is 0 Å². The highest BCUT2D eigenvalue weighted by molar-refractivity contribution is 5.93. The molecule has 0 aliphatic rings. The Morgan fingerprint density at radius 3 is 2.56 bits per heavy atom. The number of hydrazone groups is 1. The maximum Gasteiger partial charge on any atom is 0.291 e. The van der Waals surface area contributed by atoms with E-state index in [0.717, 1.165) is 16.9 Å². The fourth-order valence-corrected chi connectivity index (χ4v) is 2.32. The van der Waals surface area contributed by atoms with Gasteiger partial charge in [-0.05, 0) is 42.0 Å². The summed E-state index contributed by atoms with van der Waals surface area (Å²) in [6.45, 7) is 0. The van der Waals surface area contributed by atoms with E-state index in [9.17, 15) is 4.79 Å². The third-order valence-corrected chi connectivity index (χ3v) is 3.73. The molecule has 0 fully saturated rings. The molecule has 0 saturated heterocycles. The lowest BCUT2D eigenvalue weighted by Crippen LogP contribution is -2.19. The lowest BCUT2D eigenvalue weighted by atomic mass is 10.1. The molecule has 0 saturated carbocycles. The summed E-state index contributed by atoms with van der Waals surface area (Å²) in [6.07, 6.45) is 4.52. The third-order valence-electron chi connectivity index (χ3n) is 3.73. The summed E-state index contributed by atoms with van der Waals surface area (Å²) in [5.41, 5.74) is 4.84. The van der Waals surface area contributed by atoms with Crippen molar-refractivity contribution in [2.24, 2.45) is 5.10 Å². The van der Waals surface area contributed by atoms with Crippen molar-refractivity contribution in [3.63, 3.8) is 0 Å². The smallest absolute Gasteiger partial charge is 0.291 e. The van der Waals surface area contributed by atoms with Crippen LogP contribution in [0.4, 0.5) is 0 Å². The van der Waals surface area contributed by atoms with Crippen LogP contribution in [0.1, 0.15) is 16.1 Å². The number of benzene rings is 2. The van der Waals surface area contributed by atoms with Gasteiger partial charge < -0.3 is 9.47 Å². The van der Waals surface area contributed by atoms with Gasteiger partial charge in [-0.1, -0.05) is 12.1 Å². The van der Waals surface area contributed by atoms with E-state index in [2.05, 4.69) is 20.5 Å². The molecule has 0 unspecified atom stereocenters. The molecule has 136 valence electrons. The Hall–Kier alpha value is -3.74. The molecule has 0 aliphatic heterocycles. The molecule has 7 heteroatoms. The van der Waals surface area contributed by atoms with E-state index in [1.807, 2.05) is 42.5 Å². The monoisotopic (exact) mass is 362 g/mol. The SMILES string of the molecule is COc1ccc(-c2cncc(C(=O)NN=Cc3cccc(OC)c3)n2)cc1. The lowest BCUT2D eigenvalue weighted by Gasteiger charge is -2.05. The van der Waals surface area contributed by atoms with E-state index in [1.54, 1.807) is 26.5 Å². The average Bonchev–Trinajstić information content (AvgIpc) is 2.74. The number of nitrogens with zero attached hydrogens (tertiary/aromatic N) is 3. The Kier molecular flexibility index (Phi) is 5.73. The van der Waals surface area contributed by atoms with Crippen molar-refractivity contribution in [1.82, 2.24) is 15.4 Å². The second-order valence-corrected chi connectivity index (χ2v) is 5.49. The number of hydrogen-bond donors (Lipinski definition) is 1. The molecule has 0 atom stereocenters. The number of ether oxygens (including phenoxy) is 2. The highest BCUT2D eigenvalue weighted by Gasteiger charge is 2.09. The van der Waals surface area contributed by atoms with E-state index >= 15 is 0 Å². The van der Waals surface area contributed by atoms with Gasteiger partial charge in [0.05, 0.1) is 38.5 Å². The first-order valence-corrected chi connectivity index (χ1v) is 8.13. The number of carbonyl (C=O) groups excluding carboxylic acids is 1. The van der Waals surface area contributed by atoms with Gasteiger partial charge in [-0.25, -0.2) is 10.4 Å². The first kappa shape index (κ1) is 18.1. The summed E-state index contributed by atoms with van der Waals surface area (Å²) in [6, 6.07) is 14.7. The minimum absolute atomic E-state index is 0.172. The Labute approximate surface area is 156 Å². The summed E-state index contributed by atoms with van der Waals surface area (Å²) in [4.78, 5) is 20.7. The Morgan fingerprint density at radius 2 is 1.81 bits per heavy atom. The van der Waals surface area contributed by atoms with Crippen LogP contribution < -0.4 is 14.9 Å². The molecule has 3 rings (SSSR count).